The molecule has 1 rings (SSSR count). The Bertz CT molecular complexity index is 418. The Hall–Kier alpha value is -1.97. The maximum atomic E-state index is 10.6. The van der Waals surface area contributed by atoms with Gasteiger partial charge in [0.05, 0.1) is 5.56 Å². The highest BCUT2D eigenvalue weighted by atomic mass is 16.4. The average molecular weight is 219 g/mol. The minimum absolute atomic E-state index is 0.229. The van der Waals surface area contributed by atoms with Crippen LogP contribution in [0.25, 0.3) is 0 Å². The molecule has 0 aliphatic heterocycles. The van der Waals surface area contributed by atoms with Crippen molar-refractivity contribution in [3.05, 3.63) is 35.4 Å². The summed E-state index contributed by atoms with van der Waals surface area (Å²) in [6, 6.07) is 6.29. The van der Waals surface area contributed by atoms with Crippen LogP contribution in [0.4, 0.5) is 0 Å². The van der Waals surface area contributed by atoms with Crippen LogP contribution in [0.2, 0.25) is 0 Å². The molecule has 0 bridgehead atoms. The van der Waals surface area contributed by atoms with E-state index in [9.17, 15) is 9.59 Å². The Morgan fingerprint density at radius 3 is 2.31 bits per heavy atom. The van der Waals surface area contributed by atoms with Crippen molar-refractivity contribution >= 4 is 18.5 Å². The highest BCUT2D eigenvalue weighted by Crippen LogP contribution is 2.06. The number of carboxylic acids is 1. The summed E-state index contributed by atoms with van der Waals surface area (Å²) in [6.07, 6.45) is 2.31. The lowest BCUT2D eigenvalue weighted by atomic mass is 10.1. The molecule has 0 fully saturated rings. The van der Waals surface area contributed by atoms with E-state index in [0.717, 1.165) is 11.8 Å². The first-order valence-electron chi connectivity index (χ1n) is 4.79. The number of carbonyl (C=O) groups is 2. The Labute approximate surface area is 93.6 Å². The number of aromatic carboxylic acids is 1. The van der Waals surface area contributed by atoms with E-state index in [1.807, 2.05) is 0 Å². The van der Waals surface area contributed by atoms with Gasteiger partial charge in [-0.05, 0) is 31.5 Å². The zero-order valence-electron chi connectivity index (χ0n) is 9.18. The van der Waals surface area contributed by atoms with Gasteiger partial charge in [0, 0.05) is 6.21 Å². The van der Waals surface area contributed by atoms with E-state index in [4.69, 9.17) is 5.11 Å². The fraction of sp³-hybridized carbons (Fsp3) is 0.250. The summed E-state index contributed by atoms with van der Waals surface area (Å²) in [5.41, 5.74) is 0.248. The minimum Gasteiger partial charge on any atom is -0.478 e. The fourth-order valence-electron chi connectivity index (χ4n) is 0.983. The lowest BCUT2D eigenvalue weighted by Gasteiger charge is -2.08. The standard InChI is InChI=1S/C12H13NO3/c1-12(2,8-14)13-7-9-3-5-10(6-4-9)11(15)16/h3-8H,1-2H3,(H,15,16). The third-order valence-corrected chi connectivity index (χ3v) is 1.99. The van der Waals surface area contributed by atoms with Gasteiger partial charge in [0.25, 0.3) is 0 Å². The molecule has 0 saturated carbocycles. The van der Waals surface area contributed by atoms with E-state index in [1.165, 1.54) is 12.1 Å². The Morgan fingerprint density at radius 1 is 1.31 bits per heavy atom. The predicted molar refractivity (Wildman–Crippen MR) is 61.1 cm³/mol. The van der Waals surface area contributed by atoms with Crippen LogP contribution in [-0.4, -0.2) is 29.1 Å². The van der Waals surface area contributed by atoms with Crippen molar-refractivity contribution in [1.29, 1.82) is 0 Å². The fourth-order valence-corrected chi connectivity index (χ4v) is 0.983. The van der Waals surface area contributed by atoms with Gasteiger partial charge < -0.3 is 9.90 Å². The van der Waals surface area contributed by atoms with Crippen molar-refractivity contribution in [3.63, 3.8) is 0 Å². The number of rotatable bonds is 4. The van der Waals surface area contributed by atoms with Gasteiger partial charge in [0.2, 0.25) is 0 Å². The number of carboxylic acid groups (broad SMARTS) is 1. The first-order valence-corrected chi connectivity index (χ1v) is 4.79. The molecule has 0 aliphatic carbocycles. The second-order valence-electron chi connectivity index (χ2n) is 3.96. The Kier molecular flexibility index (Phi) is 3.55. The molecule has 4 nitrogen and oxygen atoms in total. The average Bonchev–Trinajstić information content (AvgIpc) is 2.27. The number of aldehydes is 1. The SMILES string of the molecule is CC(C)(C=O)N=Cc1ccc(C(=O)O)cc1. The first kappa shape index (κ1) is 12.1. The summed E-state index contributed by atoms with van der Waals surface area (Å²) in [5, 5.41) is 8.69. The monoisotopic (exact) mass is 219 g/mol. The van der Waals surface area contributed by atoms with Crippen molar-refractivity contribution in [2.45, 2.75) is 19.4 Å². The van der Waals surface area contributed by atoms with Crippen molar-refractivity contribution in [1.82, 2.24) is 0 Å². The molecule has 0 atom stereocenters. The van der Waals surface area contributed by atoms with Gasteiger partial charge in [-0.3, -0.25) is 4.99 Å². The van der Waals surface area contributed by atoms with E-state index < -0.39 is 11.5 Å². The lowest BCUT2D eigenvalue weighted by Crippen LogP contribution is -2.18. The topological polar surface area (TPSA) is 66.7 Å². The van der Waals surface area contributed by atoms with Crippen LogP contribution in [0.15, 0.2) is 29.3 Å². The summed E-state index contributed by atoms with van der Waals surface area (Å²) in [5.74, 6) is -0.961. The lowest BCUT2D eigenvalue weighted by molar-refractivity contribution is -0.111. The first-order chi connectivity index (χ1) is 7.44. The normalized spacial score (nSPS) is 11.6. The minimum atomic E-state index is -0.961. The second-order valence-corrected chi connectivity index (χ2v) is 3.96. The third kappa shape index (κ3) is 3.31. The van der Waals surface area contributed by atoms with Crippen LogP contribution in [0.1, 0.15) is 29.8 Å². The van der Waals surface area contributed by atoms with Crippen LogP contribution in [0, 0.1) is 0 Å². The third-order valence-electron chi connectivity index (χ3n) is 1.99. The van der Waals surface area contributed by atoms with Gasteiger partial charge in [-0.2, -0.15) is 0 Å². The molecule has 0 radical (unpaired) electrons. The zero-order valence-corrected chi connectivity index (χ0v) is 9.18. The van der Waals surface area contributed by atoms with Crippen LogP contribution >= 0.6 is 0 Å². The molecule has 0 heterocycles. The maximum absolute atomic E-state index is 10.6. The smallest absolute Gasteiger partial charge is 0.335 e. The van der Waals surface area contributed by atoms with Crippen molar-refractivity contribution in [2.75, 3.05) is 0 Å². The summed E-state index contributed by atoms with van der Waals surface area (Å²) < 4.78 is 0. The summed E-state index contributed by atoms with van der Waals surface area (Å²) in [7, 11) is 0. The van der Waals surface area contributed by atoms with Gasteiger partial charge in [0.15, 0.2) is 0 Å². The molecule has 0 aliphatic rings. The molecule has 16 heavy (non-hydrogen) atoms. The van der Waals surface area contributed by atoms with Gasteiger partial charge in [-0.1, -0.05) is 12.1 Å². The predicted octanol–water partition coefficient (Wildman–Crippen LogP) is 1.78. The van der Waals surface area contributed by atoms with Gasteiger partial charge in [-0.15, -0.1) is 0 Å². The number of nitrogens with zero attached hydrogens (tertiary/aromatic N) is 1. The molecule has 0 aromatic heterocycles. The number of hydrogen-bond donors (Lipinski definition) is 1. The quantitative estimate of drug-likeness (QED) is 0.620. The van der Waals surface area contributed by atoms with Gasteiger partial charge >= 0.3 is 5.97 Å². The van der Waals surface area contributed by atoms with E-state index in [2.05, 4.69) is 4.99 Å². The van der Waals surface area contributed by atoms with E-state index in [1.54, 1.807) is 32.2 Å². The molecule has 1 aromatic rings. The van der Waals surface area contributed by atoms with E-state index in [0.29, 0.717) is 0 Å². The van der Waals surface area contributed by atoms with Crippen molar-refractivity contribution < 1.29 is 14.7 Å². The molecule has 1 N–H and O–H groups in total. The van der Waals surface area contributed by atoms with Crippen molar-refractivity contribution in [3.8, 4) is 0 Å². The molecule has 0 unspecified atom stereocenters. The number of hydrogen-bond acceptors (Lipinski definition) is 3. The molecule has 4 heteroatoms. The molecule has 1 aromatic carbocycles. The number of benzene rings is 1. The summed E-state index contributed by atoms with van der Waals surface area (Å²) >= 11 is 0. The van der Waals surface area contributed by atoms with Gasteiger partial charge in [-0.25, -0.2) is 4.79 Å². The van der Waals surface area contributed by atoms with E-state index in [-0.39, 0.29) is 5.56 Å². The molecular formula is C12H13NO3. The zero-order chi connectivity index (χ0) is 12.2. The largest absolute Gasteiger partial charge is 0.478 e. The van der Waals surface area contributed by atoms with Gasteiger partial charge in [0.1, 0.15) is 11.8 Å². The highest BCUT2D eigenvalue weighted by molar-refractivity contribution is 5.89. The maximum Gasteiger partial charge on any atom is 0.335 e. The van der Waals surface area contributed by atoms with Crippen molar-refractivity contribution in [2.24, 2.45) is 4.99 Å². The number of aliphatic imine (C=N–C) groups is 1. The summed E-state index contributed by atoms with van der Waals surface area (Å²) in [6.45, 7) is 3.39. The molecule has 0 saturated heterocycles. The molecule has 0 amide bonds. The van der Waals surface area contributed by atoms with Crippen LogP contribution in [0.3, 0.4) is 0 Å². The van der Waals surface area contributed by atoms with Crippen LogP contribution in [0.5, 0.6) is 0 Å². The highest BCUT2D eigenvalue weighted by Gasteiger charge is 2.12. The molecule has 84 valence electrons. The molecule has 0 spiro atoms. The summed E-state index contributed by atoms with van der Waals surface area (Å²) in [4.78, 5) is 25.3. The Morgan fingerprint density at radius 2 is 1.88 bits per heavy atom. The second kappa shape index (κ2) is 4.70. The number of carbonyl (C=O) groups excluding carboxylic acids is 1. The van der Waals surface area contributed by atoms with Crippen LogP contribution < -0.4 is 0 Å². The van der Waals surface area contributed by atoms with Crippen LogP contribution in [-0.2, 0) is 4.79 Å². The Balaban J connectivity index is 2.84. The molecular weight excluding hydrogens is 206 g/mol. The van der Waals surface area contributed by atoms with E-state index >= 15 is 0 Å².